The number of carbonyl (C=O) groups excluding carboxylic acids is 2. The quantitative estimate of drug-likeness (QED) is 0.123. The Labute approximate surface area is 284 Å². The summed E-state index contributed by atoms with van der Waals surface area (Å²) >= 11 is 0. The van der Waals surface area contributed by atoms with E-state index < -0.39 is 0 Å². The van der Waals surface area contributed by atoms with Crippen molar-refractivity contribution in [3.8, 4) is 0 Å². The van der Waals surface area contributed by atoms with Gasteiger partial charge in [-0.05, 0) is 48.6 Å². The van der Waals surface area contributed by atoms with Gasteiger partial charge in [-0.15, -0.1) is 0 Å². The van der Waals surface area contributed by atoms with Crippen LogP contribution in [0.5, 0.6) is 0 Å². The van der Waals surface area contributed by atoms with E-state index in [1.807, 2.05) is 60.7 Å². The van der Waals surface area contributed by atoms with Gasteiger partial charge in [0.2, 0.25) is 11.6 Å². The third-order valence-electron chi connectivity index (χ3n) is 8.57. The van der Waals surface area contributed by atoms with Gasteiger partial charge in [-0.2, -0.15) is 0 Å². The van der Waals surface area contributed by atoms with Gasteiger partial charge in [0, 0.05) is 13.1 Å². The maximum atomic E-state index is 12.3. The van der Waals surface area contributed by atoms with E-state index in [2.05, 4.69) is 40.5 Å². The zero-order chi connectivity index (χ0) is 34.8. The number of imidazole rings is 2. The molecular weight excluding hydrogens is 640 g/mol. The molecule has 2 aromatic carbocycles. The summed E-state index contributed by atoms with van der Waals surface area (Å²) in [5, 5.41) is 5.62. The van der Waals surface area contributed by atoms with E-state index >= 15 is 0 Å². The predicted molar refractivity (Wildman–Crippen MR) is 186 cm³/mol. The number of hydrogen-bond donors (Lipinski definition) is 6. The molecule has 6 aromatic rings. The Morgan fingerprint density at radius 1 is 0.640 bits per heavy atom. The number of rotatable bonds is 10. The van der Waals surface area contributed by atoms with E-state index in [1.165, 1.54) is 9.13 Å². The number of benzene rings is 2. The summed E-state index contributed by atoms with van der Waals surface area (Å²) in [6.45, 7) is 1.90. The highest BCUT2D eigenvalue weighted by molar-refractivity contribution is 5.95. The van der Waals surface area contributed by atoms with Gasteiger partial charge in [0.1, 0.15) is 11.0 Å². The van der Waals surface area contributed by atoms with Crippen molar-refractivity contribution in [2.75, 3.05) is 24.6 Å². The van der Waals surface area contributed by atoms with Gasteiger partial charge >= 0.3 is 11.4 Å². The molecule has 2 fully saturated rings. The zero-order valence-electron chi connectivity index (χ0n) is 27.1. The molecule has 16 nitrogen and oxygen atoms in total. The highest BCUT2D eigenvalue weighted by Crippen LogP contribution is 2.28. The Bertz CT molecular complexity index is 2140. The van der Waals surface area contributed by atoms with E-state index in [4.69, 9.17) is 11.5 Å². The van der Waals surface area contributed by atoms with Crippen molar-refractivity contribution in [3.05, 3.63) is 104 Å². The Kier molecular flexibility index (Phi) is 8.81. The van der Waals surface area contributed by atoms with Crippen molar-refractivity contribution in [2.24, 2.45) is 11.8 Å². The van der Waals surface area contributed by atoms with Crippen molar-refractivity contribution < 1.29 is 9.59 Å². The van der Waals surface area contributed by atoms with Gasteiger partial charge in [-0.25, -0.2) is 29.5 Å². The highest BCUT2D eigenvalue weighted by atomic mass is 16.2. The van der Waals surface area contributed by atoms with Crippen LogP contribution in [0.1, 0.15) is 58.0 Å². The molecule has 2 saturated carbocycles. The first-order valence-electron chi connectivity index (χ1n) is 16.4. The monoisotopic (exact) mass is 676 g/mol. The fourth-order valence-corrected chi connectivity index (χ4v) is 5.41. The van der Waals surface area contributed by atoms with Crippen molar-refractivity contribution >= 4 is 45.8 Å². The molecule has 4 heterocycles. The Balaban J connectivity index is 0.000000157. The van der Waals surface area contributed by atoms with Crippen molar-refractivity contribution in [1.29, 1.82) is 0 Å². The second-order valence-corrected chi connectivity index (χ2v) is 12.6. The zero-order valence-corrected chi connectivity index (χ0v) is 27.1. The lowest BCUT2D eigenvalue weighted by Crippen LogP contribution is -2.28. The summed E-state index contributed by atoms with van der Waals surface area (Å²) in [5.74, 6) is 0.483. The molecule has 2 amide bonds. The van der Waals surface area contributed by atoms with E-state index in [1.54, 1.807) is 0 Å². The standard InChI is InChI=1S/2C17H18N6O2/c2*18-13-12-15(22-14(21-13)16(24)19-8-10-6-7-10)23(17(25)20-12)9-11-4-2-1-3-5-11/h2*1-5,10H,6-9H2,(H,19,24)(H,20,25)(H2,18,21,22). The van der Waals surface area contributed by atoms with Gasteiger partial charge in [0.25, 0.3) is 11.8 Å². The molecule has 0 radical (unpaired) electrons. The van der Waals surface area contributed by atoms with Crippen molar-refractivity contribution in [2.45, 2.75) is 38.8 Å². The highest BCUT2D eigenvalue weighted by Gasteiger charge is 2.25. The van der Waals surface area contributed by atoms with Gasteiger partial charge < -0.3 is 32.1 Å². The number of nitrogen functional groups attached to an aromatic ring is 2. The average Bonchev–Trinajstić information content (AvgIpc) is 4.06. The lowest BCUT2D eigenvalue weighted by molar-refractivity contribution is 0.0934. The Hall–Kier alpha value is -6.32. The normalized spacial score (nSPS) is 13.9. The smallest absolute Gasteiger partial charge is 0.328 e. The van der Waals surface area contributed by atoms with Crippen LogP contribution in [0.4, 0.5) is 11.6 Å². The molecule has 2 aliphatic rings. The second-order valence-electron chi connectivity index (χ2n) is 12.6. The van der Waals surface area contributed by atoms with Gasteiger partial charge in [0.15, 0.2) is 22.9 Å². The summed E-state index contributed by atoms with van der Waals surface area (Å²) in [4.78, 5) is 71.0. The number of nitrogens with two attached hydrogens (primary N) is 2. The summed E-state index contributed by atoms with van der Waals surface area (Å²) in [6.07, 6.45) is 4.54. The minimum Gasteiger partial charge on any atom is -0.382 e. The number of fused-ring (bicyclic) bond motifs is 2. The molecule has 0 atom stereocenters. The van der Waals surface area contributed by atoms with Gasteiger partial charge in [0.05, 0.1) is 13.1 Å². The lowest BCUT2D eigenvalue weighted by atomic mass is 10.2. The van der Waals surface area contributed by atoms with Crippen LogP contribution in [0.2, 0.25) is 0 Å². The number of amides is 2. The summed E-state index contributed by atoms with van der Waals surface area (Å²) in [7, 11) is 0. The Morgan fingerprint density at radius 2 is 1.02 bits per heavy atom. The third kappa shape index (κ3) is 7.23. The first-order valence-corrected chi connectivity index (χ1v) is 16.4. The molecular formula is C34H36N12O4. The first kappa shape index (κ1) is 32.2. The second kappa shape index (κ2) is 13.7. The number of carbonyl (C=O) groups is 2. The predicted octanol–water partition coefficient (Wildman–Crippen LogP) is 1.78. The van der Waals surface area contributed by atoms with E-state index in [9.17, 15) is 19.2 Å². The molecule has 50 heavy (non-hydrogen) atoms. The van der Waals surface area contributed by atoms with Crippen LogP contribution in [-0.4, -0.2) is 63.9 Å². The van der Waals surface area contributed by atoms with Crippen LogP contribution in [0.3, 0.4) is 0 Å². The molecule has 16 heteroatoms. The number of nitrogens with one attached hydrogen (secondary N) is 4. The average molecular weight is 677 g/mol. The van der Waals surface area contributed by atoms with E-state index in [-0.39, 0.29) is 46.5 Å². The number of nitrogens with zero attached hydrogens (tertiary/aromatic N) is 6. The van der Waals surface area contributed by atoms with Crippen LogP contribution in [-0.2, 0) is 13.1 Å². The summed E-state index contributed by atoms with van der Waals surface area (Å²) < 4.78 is 2.92. The topological polar surface area (TPSA) is 237 Å². The number of aromatic amines is 2. The molecule has 0 aliphatic heterocycles. The SMILES string of the molecule is Nc1nc(C(=O)NCC2CC2)nc2c1[nH]c(=O)n2Cc1ccccc1.Nc1nc(C(=O)NCC2CC2)nc2c1[nH]c(=O)n2Cc1ccccc1. The first-order chi connectivity index (χ1) is 24.2. The molecule has 8 N–H and O–H groups in total. The minimum atomic E-state index is -0.375. The lowest BCUT2D eigenvalue weighted by Gasteiger charge is -2.06. The molecule has 0 unspecified atom stereocenters. The molecule has 0 spiro atoms. The summed E-state index contributed by atoms with van der Waals surface area (Å²) in [5.41, 5.74) is 14.4. The van der Waals surface area contributed by atoms with Crippen molar-refractivity contribution in [3.63, 3.8) is 0 Å². The van der Waals surface area contributed by atoms with Crippen LogP contribution in [0.15, 0.2) is 70.3 Å². The van der Waals surface area contributed by atoms with Crippen LogP contribution in [0.25, 0.3) is 22.3 Å². The van der Waals surface area contributed by atoms with E-state index in [0.717, 1.165) is 36.8 Å². The molecule has 4 aromatic heterocycles. The number of anilines is 2. The fourth-order valence-electron chi connectivity index (χ4n) is 5.41. The summed E-state index contributed by atoms with van der Waals surface area (Å²) in [6, 6.07) is 19.1. The molecule has 2 aliphatic carbocycles. The number of hydrogen-bond acceptors (Lipinski definition) is 10. The minimum absolute atomic E-state index is 0.0218. The molecule has 8 rings (SSSR count). The van der Waals surface area contributed by atoms with Crippen LogP contribution < -0.4 is 33.5 Å². The third-order valence-corrected chi connectivity index (χ3v) is 8.57. The van der Waals surface area contributed by atoms with Crippen LogP contribution in [0, 0.1) is 11.8 Å². The number of aromatic nitrogens is 8. The molecule has 0 saturated heterocycles. The molecule has 0 bridgehead atoms. The Morgan fingerprint density at radius 3 is 1.38 bits per heavy atom. The fraction of sp³-hybridized carbons (Fsp3) is 0.294. The van der Waals surface area contributed by atoms with Gasteiger partial charge in [-0.3, -0.25) is 18.7 Å². The van der Waals surface area contributed by atoms with Crippen molar-refractivity contribution in [1.82, 2.24) is 49.7 Å². The van der Waals surface area contributed by atoms with Gasteiger partial charge in [-0.1, -0.05) is 60.7 Å². The maximum Gasteiger partial charge on any atom is 0.328 e. The molecule has 256 valence electrons. The van der Waals surface area contributed by atoms with E-state index in [0.29, 0.717) is 60.3 Å². The largest absolute Gasteiger partial charge is 0.382 e. The number of H-pyrrole nitrogens is 2. The van der Waals surface area contributed by atoms with Crippen LogP contribution >= 0.6 is 0 Å². The maximum absolute atomic E-state index is 12.3.